The third-order valence-electron chi connectivity index (χ3n) is 10.4. The number of benzene rings is 3. The maximum atomic E-state index is 15.2. The Morgan fingerprint density at radius 3 is 2.00 bits per heavy atom. The maximum absolute atomic E-state index is 15.2. The van der Waals surface area contributed by atoms with Crippen molar-refractivity contribution >= 4 is 58.2 Å². The first-order chi connectivity index (χ1) is 24.2. The summed E-state index contributed by atoms with van der Waals surface area (Å²) in [5.41, 5.74) is 0.000494. The van der Waals surface area contributed by atoms with E-state index in [0.717, 1.165) is 10.5 Å². The van der Waals surface area contributed by atoms with Crippen molar-refractivity contribution in [2.75, 3.05) is 23.0 Å². The van der Waals surface area contributed by atoms with Crippen molar-refractivity contribution in [2.45, 2.75) is 41.9 Å². The number of amides is 4. The fourth-order valence-corrected chi connectivity index (χ4v) is 8.93. The topological polar surface area (TPSA) is 104 Å². The smallest absolute Gasteiger partial charge is 0.258 e. The predicted molar refractivity (Wildman–Crippen MR) is 174 cm³/mol. The zero-order valence-corrected chi connectivity index (χ0v) is 28.1. The lowest BCUT2D eigenvalue weighted by atomic mass is 9.56. The van der Waals surface area contributed by atoms with E-state index < -0.39 is 98.2 Å². The molecule has 7 rings (SSSR count). The molecule has 1 N–H and O–H groups in total. The minimum absolute atomic E-state index is 0.0184. The number of aliphatic hydroxyl groups is 1. The molecule has 15 heteroatoms. The summed E-state index contributed by atoms with van der Waals surface area (Å²) in [6.45, 7) is 1.59. The van der Waals surface area contributed by atoms with Crippen molar-refractivity contribution in [3.05, 3.63) is 100 Å². The highest BCUT2D eigenvalue weighted by Crippen LogP contribution is 2.66. The second-order valence-corrected chi connectivity index (χ2v) is 14.1. The molecule has 0 bridgehead atoms. The van der Waals surface area contributed by atoms with E-state index >= 15 is 8.78 Å². The Morgan fingerprint density at radius 2 is 1.41 bits per heavy atom. The lowest BCUT2D eigenvalue weighted by molar-refractivity contribution is -0.125. The molecule has 3 fully saturated rings. The number of aryl methyl sites for hydroxylation is 1. The van der Waals surface area contributed by atoms with Crippen LogP contribution in [0.5, 0.6) is 5.75 Å². The normalized spacial score (nSPS) is 28.5. The molecule has 2 aliphatic heterocycles. The van der Waals surface area contributed by atoms with Gasteiger partial charge >= 0.3 is 0 Å². The first-order valence-electron chi connectivity index (χ1n) is 16.0. The number of aliphatic hydroxyl groups excluding tert-OH is 1. The number of allylic oxidation sites excluding steroid dienone is 2. The molecule has 3 aromatic rings. The molecule has 6 unspecified atom stereocenters. The van der Waals surface area contributed by atoms with Gasteiger partial charge in [-0.1, -0.05) is 42.8 Å². The van der Waals surface area contributed by atoms with Crippen LogP contribution in [0, 0.1) is 46.8 Å². The molecule has 6 atom stereocenters. The molecule has 3 aromatic carbocycles. The van der Waals surface area contributed by atoms with Crippen molar-refractivity contribution in [1.29, 1.82) is 0 Å². The lowest BCUT2D eigenvalue weighted by Gasteiger charge is -2.50. The zero-order chi connectivity index (χ0) is 36.7. The number of rotatable bonds is 7. The van der Waals surface area contributed by atoms with Gasteiger partial charge in [-0.2, -0.15) is 0 Å². The molecule has 2 aliphatic carbocycles. The molecule has 0 spiro atoms. The Kier molecular flexibility index (Phi) is 8.54. The van der Waals surface area contributed by atoms with Crippen LogP contribution >= 0.6 is 23.2 Å². The van der Waals surface area contributed by atoms with Crippen LogP contribution in [0.1, 0.15) is 36.8 Å². The summed E-state index contributed by atoms with van der Waals surface area (Å²) in [4.78, 5) is 52.3. The number of carbonyl (C=O) groups excluding carboxylic acids is 4. The number of carbonyl (C=O) groups is 4. The fourth-order valence-electron chi connectivity index (χ4n) is 8.00. The first-order valence-corrected chi connectivity index (χ1v) is 16.8. The zero-order valence-electron chi connectivity index (χ0n) is 26.6. The van der Waals surface area contributed by atoms with E-state index in [1.165, 1.54) is 24.3 Å². The van der Waals surface area contributed by atoms with Crippen LogP contribution in [-0.4, -0.2) is 51.7 Å². The lowest BCUT2D eigenvalue weighted by Crippen LogP contribution is -2.60. The van der Waals surface area contributed by atoms with Crippen molar-refractivity contribution in [3.63, 3.8) is 0 Å². The van der Waals surface area contributed by atoms with Crippen molar-refractivity contribution in [3.8, 4) is 5.75 Å². The number of halogens is 7. The van der Waals surface area contributed by atoms with Crippen LogP contribution < -0.4 is 14.5 Å². The second-order valence-electron chi connectivity index (χ2n) is 12.9. The van der Waals surface area contributed by atoms with E-state index in [9.17, 15) is 32.3 Å². The third-order valence-corrected chi connectivity index (χ3v) is 11.8. The maximum Gasteiger partial charge on any atom is 0.258 e. The number of alkyl halides is 2. The molecular weight excluding hydrogens is 722 g/mol. The van der Waals surface area contributed by atoms with Gasteiger partial charge < -0.3 is 9.84 Å². The van der Waals surface area contributed by atoms with E-state index in [4.69, 9.17) is 33.0 Å². The van der Waals surface area contributed by atoms with Gasteiger partial charge in [0.2, 0.25) is 17.6 Å². The summed E-state index contributed by atoms with van der Waals surface area (Å²) < 4.78 is 78.8. The van der Waals surface area contributed by atoms with Crippen molar-refractivity contribution in [1.82, 2.24) is 0 Å². The number of imide groups is 2. The minimum Gasteiger partial charge on any atom is -0.491 e. The second kappa shape index (κ2) is 12.4. The molecule has 0 aromatic heterocycles. The van der Waals surface area contributed by atoms with Crippen LogP contribution in [0.2, 0.25) is 0 Å². The largest absolute Gasteiger partial charge is 0.491 e. The SMILES string of the molecule is CCc1ccc(N2C(=O)C3CC=C4C(CC5(Cl)C(=O)N(c6c(F)c(F)c(F)c(F)c6F)C(=O)C5(Cl)C4c4ccc(OCCO)cc4)C3C2=O)cc1. The highest BCUT2D eigenvalue weighted by atomic mass is 35.5. The van der Waals surface area contributed by atoms with Gasteiger partial charge in [-0.05, 0) is 60.6 Å². The minimum atomic E-state index is -2.63. The van der Waals surface area contributed by atoms with Crippen LogP contribution in [0.15, 0.2) is 60.2 Å². The third kappa shape index (κ3) is 4.80. The fraction of sp³-hybridized carbons (Fsp3) is 0.333. The highest BCUT2D eigenvalue weighted by Gasteiger charge is 2.77. The molecule has 1 saturated carbocycles. The monoisotopic (exact) mass is 748 g/mol. The Hall–Kier alpha value is -4.33. The van der Waals surface area contributed by atoms with Crippen LogP contribution in [0.4, 0.5) is 33.3 Å². The summed E-state index contributed by atoms with van der Waals surface area (Å²) in [7, 11) is 0. The van der Waals surface area contributed by atoms with Gasteiger partial charge in [0.25, 0.3) is 11.8 Å². The van der Waals surface area contributed by atoms with Gasteiger partial charge in [0.1, 0.15) is 18.0 Å². The van der Waals surface area contributed by atoms with Crippen molar-refractivity contribution in [2.24, 2.45) is 17.8 Å². The van der Waals surface area contributed by atoms with Gasteiger partial charge in [0.15, 0.2) is 33.0 Å². The van der Waals surface area contributed by atoms with Crippen LogP contribution in [0.25, 0.3) is 0 Å². The number of nitrogens with zero attached hydrogens (tertiary/aromatic N) is 2. The van der Waals surface area contributed by atoms with Crippen molar-refractivity contribution < 1.29 is 51.0 Å². The van der Waals surface area contributed by atoms with E-state index in [1.54, 1.807) is 30.3 Å². The Labute approximate surface area is 297 Å². The molecular formula is C36H27Cl2F5N2O6. The van der Waals surface area contributed by atoms with Gasteiger partial charge in [0.05, 0.1) is 24.1 Å². The summed E-state index contributed by atoms with van der Waals surface area (Å²) in [6, 6.07) is 12.7. The van der Waals surface area contributed by atoms with E-state index in [1.807, 2.05) is 6.92 Å². The molecule has 8 nitrogen and oxygen atoms in total. The summed E-state index contributed by atoms with van der Waals surface area (Å²) in [5, 5.41) is 9.16. The number of anilines is 2. The van der Waals surface area contributed by atoms with Gasteiger partial charge in [-0.25, -0.2) is 26.9 Å². The first kappa shape index (κ1) is 35.1. The van der Waals surface area contributed by atoms with E-state index in [-0.39, 0.29) is 35.8 Å². The van der Waals surface area contributed by atoms with Crippen LogP contribution in [-0.2, 0) is 25.6 Å². The number of hydrogen-bond acceptors (Lipinski definition) is 6. The van der Waals surface area contributed by atoms with Gasteiger partial charge in [-0.15, -0.1) is 23.2 Å². The molecule has 2 saturated heterocycles. The van der Waals surface area contributed by atoms with E-state index in [2.05, 4.69) is 0 Å². The summed E-state index contributed by atoms with van der Waals surface area (Å²) in [5.74, 6) is -20.6. The summed E-state index contributed by atoms with van der Waals surface area (Å²) >= 11 is 14.3. The molecule has 2 heterocycles. The molecule has 266 valence electrons. The van der Waals surface area contributed by atoms with Gasteiger partial charge in [0, 0.05) is 5.92 Å². The van der Waals surface area contributed by atoms with Crippen LogP contribution in [0.3, 0.4) is 0 Å². The molecule has 4 amide bonds. The average molecular weight is 750 g/mol. The Morgan fingerprint density at radius 1 is 0.804 bits per heavy atom. The molecule has 4 aliphatic rings. The highest BCUT2D eigenvalue weighted by molar-refractivity contribution is 6.58. The Bertz CT molecular complexity index is 2020. The predicted octanol–water partition coefficient (Wildman–Crippen LogP) is 6.08. The average Bonchev–Trinajstić information content (AvgIpc) is 3.47. The quantitative estimate of drug-likeness (QED) is 0.0785. The van der Waals surface area contributed by atoms with Gasteiger partial charge in [-0.3, -0.25) is 24.1 Å². The standard InChI is InChI=1S/C36H27Cl2F5N2O6/c1-2-16-3-7-18(8-4-16)44-31(47)21-12-11-20-22(23(21)32(44)48)15-35(37)33(49)45(30-28(42)26(40)25(39)27(41)29(30)43)34(50)36(35,38)24(20)17-5-9-19(10-6-17)51-14-13-46/h3-11,21-24,46H,2,12-15H2,1H3. The molecule has 0 radical (unpaired) electrons. The number of ether oxygens (including phenoxy) is 1. The molecule has 51 heavy (non-hydrogen) atoms. The Balaban J connectivity index is 1.39. The number of hydrogen-bond donors (Lipinski definition) is 1. The number of fused-ring (bicyclic) bond motifs is 4. The summed E-state index contributed by atoms with van der Waals surface area (Å²) in [6.07, 6.45) is 1.76. The van der Waals surface area contributed by atoms with E-state index in [0.29, 0.717) is 17.7 Å².